The van der Waals surface area contributed by atoms with Crippen LogP contribution in [0.2, 0.25) is 0 Å². The zero-order valence-corrected chi connectivity index (χ0v) is 20.6. The molecule has 6 nitrogen and oxygen atoms in total. The van der Waals surface area contributed by atoms with Crippen molar-refractivity contribution in [3.8, 4) is 5.75 Å². The molecule has 0 spiro atoms. The van der Waals surface area contributed by atoms with Crippen molar-refractivity contribution in [2.75, 3.05) is 47.4 Å². The highest BCUT2D eigenvalue weighted by molar-refractivity contribution is 14.0. The molecule has 0 aliphatic heterocycles. The topological polar surface area (TPSA) is 58.1 Å². The first-order chi connectivity index (χ1) is 14.2. The Kier molecular flexibility index (Phi) is 13.9. The van der Waals surface area contributed by atoms with E-state index in [0.29, 0.717) is 13.2 Å². The van der Waals surface area contributed by atoms with Crippen molar-refractivity contribution in [3.05, 3.63) is 65.7 Å². The average Bonchev–Trinajstić information content (AvgIpc) is 2.76. The molecule has 0 atom stereocenters. The lowest BCUT2D eigenvalue weighted by molar-refractivity contribution is 0.180. The minimum absolute atomic E-state index is 0. The number of aliphatic imine (C=N–C) groups is 1. The first kappa shape index (κ1) is 26.2. The van der Waals surface area contributed by atoms with Gasteiger partial charge in [-0.15, -0.1) is 24.0 Å². The summed E-state index contributed by atoms with van der Waals surface area (Å²) in [6.45, 7) is 4.80. The number of hydrogen-bond acceptors (Lipinski definition) is 4. The van der Waals surface area contributed by atoms with Gasteiger partial charge in [-0.05, 0) is 25.1 Å². The molecule has 166 valence electrons. The molecule has 2 aromatic carbocycles. The van der Waals surface area contributed by atoms with Crippen LogP contribution in [0.1, 0.15) is 17.5 Å². The number of nitrogens with zero attached hydrogens (tertiary/aromatic N) is 2. The monoisotopic (exact) mass is 526 g/mol. The van der Waals surface area contributed by atoms with E-state index in [9.17, 15) is 0 Å². The fraction of sp³-hybridized carbons (Fsp3) is 0.435. The number of nitrogens with one attached hydrogen (secondary N) is 2. The smallest absolute Gasteiger partial charge is 0.191 e. The third-order valence-corrected chi connectivity index (χ3v) is 4.55. The Morgan fingerprint density at radius 2 is 1.73 bits per heavy atom. The minimum Gasteiger partial charge on any atom is -0.489 e. The van der Waals surface area contributed by atoms with E-state index in [1.165, 1.54) is 0 Å². The second-order valence-corrected chi connectivity index (χ2v) is 6.88. The Morgan fingerprint density at radius 1 is 1.00 bits per heavy atom. The van der Waals surface area contributed by atoms with Gasteiger partial charge in [-0.3, -0.25) is 4.99 Å². The lowest BCUT2D eigenvalue weighted by Crippen LogP contribution is -2.40. The van der Waals surface area contributed by atoms with Crippen LogP contribution in [0.4, 0.5) is 0 Å². The Morgan fingerprint density at radius 3 is 2.47 bits per heavy atom. The molecule has 0 saturated carbocycles. The summed E-state index contributed by atoms with van der Waals surface area (Å²) in [5.74, 6) is 1.67. The third kappa shape index (κ3) is 10.3. The van der Waals surface area contributed by atoms with Crippen LogP contribution in [0, 0.1) is 0 Å². The number of hydrogen-bond donors (Lipinski definition) is 2. The first-order valence-corrected chi connectivity index (χ1v) is 10.1. The van der Waals surface area contributed by atoms with Crippen LogP contribution in [0.3, 0.4) is 0 Å². The molecule has 2 N–H and O–H groups in total. The maximum atomic E-state index is 6.03. The molecule has 0 amide bonds. The van der Waals surface area contributed by atoms with Crippen LogP contribution in [-0.4, -0.2) is 58.3 Å². The lowest BCUT2D eigenvalue weighted by Gasteiger charge is -2.18. The summed E-state index contributed by atoms with van der Waals surface area (Å²) >= 11 is 0. The van der Waals surface area contributed by atoms with Crippen molar-refractivity contribution in [2.45, 2.75) is 19.6 Å². The quantitative estimate of drug-likeness (QED) is 0.192. The summed E-state index contributed by atoms with van der Waals surface area (Å²) in [6, 6.07) is 18.3. The van der Waals surface area contributed by atoms with Gasteiger partial charge < -0.3 is 25.0 Å². The summed E-state index contributed by atoms with van der Waals surface area (Å²) < 4.78 is 11.1. The Balaban J connectivity index is 0.00000450. The molecule has 0 aliphatic rings. The fourth-order valence-corrected chi connectivity index (χ4v) is 2.88. The number of benzene rings is 2. The molecule has 0 unspecified atom stereocenters. The summed E-state index contributed by atoms with van der Waals surface area (Å²) in [5, 5.41) is 6.73. The Labute approximate surface area is 198 Å². The summed E-state index contributed by atoms with van der Waals surface area (Å²) in [4.78, 5) is 6.60. The SMILES string of the molecule is CN=C(NCCN(C)CCCOC)NCc1ccccc1OCc1ccccc1.I. The highest BCUT2D eigenvalue weighted by atomic mass is 127. The van der Waals surface area contributed by atoms with Crippen molar-refractivity contribution in [3.63, 3.8) is 0 Å². The van der Waals surface area contributed by atoms with E-state index in [-0.39, 0.29) is 24.0 Å². The first-order valence-electron chi connectivity index (χ1n) is 10.1. The number of likely N-dealkylation sites (N-methyl/N-ethyl adjacent to an activating group) is 1. The molecular formula is C23H35IN4O2. The van der Waals surface area contributed by atoms with E-state index in [1.807, 2.05) is 36.4 Å². The van der Waals surface area contributed by atoms with Gasteiger partial charge in [0, 0.05) is 52.5 Å². The molecule has 0 radical (unpaired) electrons. The molecule has 30 heavy (non-hydrogen) atoms. The standard InChI is InChI=1S/C23H34N4O2.HI/c1-24-23(25-14-16-27(2)15-9-17-28-3)26-18-21-12-7-8-13-22(21)29-19-20-10-5-4-6-11-20;/h4-8,10-13H,9,14-19H2,1-3H3,(H2,24,25,26);1H. The maximum Gasteiger partial charge on any atom is 0.191 e. The summed E-state index contributed by atoms with van der Waals surface area (Å²) in [6.07, 6.45) is 1.04. The van der Waals surface area contributed by atoms with Crippen molar-refractivity contribution < 1.29 is 9.47 Å². The number of halogens is 1. The van der Waals surface area contributed by atoms with Crippen LogP contribution in [0.25, 0.3) is 0 Å². The van der Waals surface area contributed by atoms with E-state index >= 15 is 0 Å². The van der Waals surface area contributed by atoms with E-state index in [1.54, 1.807) is 14.2 Å². The summed E-state index contributed by atoms with van der Waals surface area (Å²) in [7, 11) is 5.64. The number of ether oxygens (including phenoxy) is 2. The van der Waals surface area contributed by atoms with Gasteiger partial charge in [0.2, 0.25) is 0 Å². The fourth-order valence-electron chi connectivity index (χ4n) is 2.88. The Bertz CT molecular complexity index is 728. The molecule has 7 heteroatoms. The van der Waals surface area contributed by atoms with E-state index < -0.39 is 0 Å². The average molecular weight is 526 g/mol. The van der Waals surface area contributed by atoms with E-state index in [0.717, 1.165) is 55.5 Å². The molecule has 0 fully saturated rings. The predicted molar refractivity (Wildman–Crippen MR) is 135 cm³/mol. The zero-order chi connectivity index (χ0) is 20.7. The minimum atomic E-state index is 0. The van der Waals surface area contributed by atoms with Gasteiger partial charge in [0.15, 0.2) is 5.96 Å². The number of methoxy groups -OCH3 is 1. The van der Waals surface area contributed by atoms with Gasteiger partial charge in [-0.1, -0.05) is 48.5 Å². The molecule has 0 aromatic heterocycles. The van der Waals surface area contributed by atoms with Crippen molar-refractivity contribution in [1.82, 2.24) is 15.5 Å². The number of para-hydroxylation sites is 1. The molecule has 0 heterocycles. The molecule has 0 saturated heterocycles. The van der Waals surface area contributed by atoms with E-state index in [2.05, 4.69) is 45.8 Å². The van der Waals surface area contributed by atoms with Crippen LogP contribution in [0.15, 0.2) is 59.6 Å². The van der Waals surface area contributed by atoms with Gasteiger partial charge in [0.1, 0.15) is 12.4 Å². The molecular weight excluding hydrogens is 491 g/mol. The molecule has 2 aromatic rings. The van der Waals surface area contributed by atoms with Gasteiger partial charge in [-0.2, -0.15) is 0 Å². The normalized spacial score (nSPS) is 11.1. The van der Waals surface area contributed by atoms with Crippen LogP contribution < -0.4 is 15.4 Å². The van der Waals surface area contributed by atoms with Crippen molar-refractivity contribution in [2.24, 2.45) is 4.99 Å². The van der Waals surface area contributed by atoms with Gasteiger partial charge in [-0.25, -0.2) is 0 Å². The summed E-state index contributed by atoms with van der Waals surface area (Å²) in [5.41, 5.74) is 2.26. The van der Waals surface area contributed by atoms with Crippen LogP contribution in [-0.2, 0) is 17.9 Å². The van der Waals surface area contributed by atoms with Crippen LogP contribution in [0.5, 0.6) is 5.75 Å². The molecule has 2 rings (SSSR count). The van der Waals surface area contributed by atoms with Gasteiger partial charge in [0.25, 0.3) is 0 Å². The second kappa shape index (κ2) is 15.9. The predicted octanol–water partition coefficient (Wildman–Crippen LogP) is 3.52. The molecule has 0 aliphatic carbocycles. The third-order valence-electron chi connectivity index (χ3n) is 4.55. The van der Waals surface area contributed by atoms with Gasteiger partial charge in [0.05, 0.1) is 0 Å². The van der Waals surface area contributed by atoms with E-state index in [4.69, 9.17) is 9.47 Å². The molecule has 0 bridgehead atoms. The highest BCUT2D eigenvalue weighted by Crippen LogP contribution is 2.19. The number of guanidine groups is 1. The highest BCUT2D eigenvalue weighted by Gasteiger charge is 2.05. The largest absolute Gasteiger partial charge is 0.489 e. The van der Waals surface area contributed by atoms with Crippen molar-refractivity contribution in [1.29, 1.82) is 0 Å². The van der Waals surface area contributed by atoms with Crippen molar-refractivity contribution >= 4 is 29.9 Å². The lowest BCUT2D eigenvalue weighted by atomic mass is 10.2. The van der Waals surface area contributed by atoms with Gasteiger partial charge >= 0.3 is 0 Å². The Hall–Kier alpha value is -1.84. The number of rotatable bonds is 12. The second-order valence-electron chi connectivity index (χ2n) is 6.88. The zero-order valence-electron chi connectivity index (χ0n) is 18.3. The maximum absolute atomic E-state index is 6.03. The van der Waals surface area contributed by atoms with Crippen LogP contribution >= 0.6 is 24.0 Å².